The van der Waals surface area contributed by atoms with E-state index in [1.165, 1.54) is 16.8 Å². The molecule has 1 aromatic heterocycles. The lowest BCUT2D eigenvalue weighted by Crippen LogP contribution is -2.38. The van der Waals surface area contributed by atoms with Crippen molar-refractivity contribution in [2.75, 3.05) is 42.3 Å². The molecule has 0 bridgehead atoms. The maximum absolute atomic E-state index is 12.6. The maximum atomic E-state index is 12.6. The highest BCUT2D eigenvalue weighted by Gasteiger charge is 2.35. The second-order valence-electron chi connectivity index (χ2n) is 9.10. The van der Waals surface area contributed by atoms with Crippen LogP contribution in [0.15, 0.2) is 34.2 Å². The van der Waals surface area contributed by atoms with E-state index in [9.17, 15) is 4.55 Å². The fourth-order valence-corrected chi connectivity index (χ4v) is 6.64. The summed E-state index contributed by atoms with van der Waals surface area (Å²) in [6.45, 7) is 4.19. The molecule has 0 saturated carbocycles. The van der Waals surface area contributed by atoms with Gasteiger partial charge >= 0.3 is 0 Å². The lowest BCUT2D eigenvalue weighted by molar-refractivity contribution is 0.0903. The van der Waals surface area contributed by atoms with Crippen molar-refractivity contribution in [1.29, 1.82) is 0 Å². The minimum Gasteiger partial charge on any atom is -0.611 e. The van der Waals surface area contributed by atoms with Crippen LogP contribution >= 0.6 is 0 Å². The minimum atomic E-state index is -1.01. The Balaban J connectivity index is 1.20. The first kappa shape index (κ1) is 20.4. The first-order valence-corrected chi connectivity index (χ1v) is 13.1. The van der Waals surface area contributed by atoms with Gasteiger partial charge in [-0.25, -0.2) is 4.98 Å². The zero-order valence-corrected chi connectivity index (χ0v) is 19.1. The van der Waals surface area contributed by atoms with E-state index in [0.717, 1.165) is 87.3 Å². The van der Waals surface area contributed by atoms with Crippen LogP contribution in [-0.4, -0.2) is 58.3 Å². The highest BCUT2D eigenvalue weighted by atomic mass is 32.2. The fraction of sp³-hybridized carbons (Fsp3) is 0.542. The number of anilines is 2. The molecule has 1 unspecified atom stereocenters. The molecule has 1 aromatic carbocycles. The number of hydrogen-bond donors (Lipinski definition) is 1. The van der Waals surface area contributed by atoms with Crippen LogP contribution in [0.2, 0.25) is 0 Å². The summed E-state index contributed by atoms with van der Waals surface area (Å²) in [5, 5.41) is 3.59. The van der Waals surface area contributed by atoms with Crippen LogP contribution in [0.4, 0.5) is 11.8 Å². The van der Waals surface area contributed by atoms with Gasteiger partial charge in [0.25, 0.3) is 0 Å². The molecule has 0 spiro atoms. The molecule has 2 aromatic rings. The van der Waals surface area contributed by atoms with Gasteiger partial charge in [-0.05, 0) is 42.4 Å². The third-order valence-electron chi connectivity index (χ3n) is 7.12. The summed E-state index contributed by atoms with van der Waals surface area (Å²) >= 11 is -1.01. The predicted molar refractivity (Wildman–Crippen MR) is 126 cm³/mol. The number of piperidine rings is 1. The smallest absolute Gasteiger partial charge is 0.227 e. The molecule has 32 heavy (non-hydrogen) atoms. The third-order valence-corrected chi connectivity index (χ3v) is 8.57. The molecule has 0 radical (unpaired) electrons. The van der Waals surface area contributed by atoms with E-state index in [0.29, 0.717) is 17.7 Å². The summed E-state index contributed by atoms with van der Waals surface area (Å²) in [5.41, 5.74) is 4.93. The number of aryl methyl sites for hydroxylation is 1. The Kier molecular flexibility index (Phi) is 5.53. The predicted octanol–water partition coefficient (Wildman–Crippen LogP) is 2.95. The molecule has 0 aliphatic carbocycles. The van der Waals surface area contributed by atoms with Crippen molar-refractivity contribution < 1.29 is 9.29 Å². The van der Waals surface area contributed by atoms with Crippen LogP contribution in [0.3, 0.4) is 0 Å². The Morgan fingerprint density at radius 3 is 2.72 bits per heavy atom. The third kappa shape index (κ3) is 3.78. The van der Waals surface area contributed by atoms with Crippen LogP contribution in [-0.2, 0) is 28.9 Å². The first-order chi connectivity index (χ1) is 15.8. The number of nitrogens with one attached hydrogen (secondary N) is 1. The van der Waals surface area contributed by atoms with Crippen molar-refractivity contribution in [2.24, 2.45) is 10.9 Å². The van der Waals surface area contributed by atoms with E-state index in [1.54, 1.807) is 0 Å². The standard InChI is InChI=1S/C24H29N5O2S/c30-32-14-9-20-22(32)23(26-18-7-12-31-13-8-18)28-24(27-20)29-10-5-16(6-11-29)21-19-4-2-1-3-17(19)15-25-21/h1-4,16,18H,5-15H2,(H,26,27,28). The van der Waals surface area contributed by atoms with E-state index in [2.05, 4.69) is 34.5 Å². The van der Waals surface area contributed by atoms with E-state index < -0.39 is 11.2 Å². The molecule has 7 nitrogen and oxygen atoms in total. The van der Waals surface area contributed by atoms with Crippen LogP contribution in [0.1, 0.15) is 42.5 Å². The van der Waals surface area contributed by atoms with Crippen molar-refractivity contribution >= 4 is 28.7 Å². The molecule has 1 N–H and O–H groups in total. The number of ether oxygens (including phenoxy) is 1. The number of rotatable bonds is 4. The Hall–Kier alpha value is -2.16. The zero-order valence-electron chi connectivity index (χ0n) is 18.3. The van der Waals surface area contributed by atoms with Crippen molar-refractivity contribution in [3.63, 3.8) is 0 Å². The molecule has 8 heteroatoms. The summed E-state index contributed by atoms with van der Waals surface area (Å²) in [6.07, 6.45) is 4.79. The molecule has 2 fully saturated rings. The quantitative estimate of drug-likeness (QED) is 0.720. The van der Waals surface area contributed by atoms with Gasteiger partial charge in [-0.1, -0.05) is 24.3 Å². The SMILES string of the molecule is [O-][S+]1CCc2nc(N3CCC(C4=NCc5ccccc54)CC3)nc(NC3CCOCC3)c21. The molecule has 2 saturated heterocycles. The van der Waals surface area contributed by atoms with E-state index in [4.69, 9.17) is 19.7 Å². The Labute approximate surface area is 191 Å². The van der Waals surface area contributed by atoms with Gasteiger partial charge in [-0.15, -0.1) is 0 Å². The number of aliphatic imine (C=N–C) groups is 1. The Morgan fingerprint density at radius 1 is 1.06 bits per heavy atom. The average molecular weight is 452 g/mol. The van der Waals surface area contributed by atoms with Crippen molar-refractivity contribution in [1.82, 2.24) is 9.97 Å². The van der Waals surface area contributed by atoms with Crippen molar-refractivity contribution in [2.45, 2.75) is 49.6 Å². The van der Waals surface area contributed by atoms with Gasteiger partial charge in [-0.3, -0.25) is 4.99 Å². The zero-order chi connectivity index (χ0) is 21.5. The summed E-state index contributed by atoms with van der Waals surface area (Å²) in [7, 11) is 0. The monoisotopic (exact) mass is 451 g/mol. The summed E-state index contributed by atoms with van der Waals surface area (Å²) < 4.78 is 18.1. The van der Waals surface area contributed by atoms with Crippen LogP contribution < -0.4 is 10.2 Å². The second kappa shape index (κ2) is 8.65. The van der Waals surface area contributed by atoms with E-state index >= 15 is 0 Å². The highest BCUT2D eigenvalue weighted by Crippen LogP contribution is 2.35. The fourth-order valence-electron chi connectivity index (χ4n) is 5.32. The molecule has 5 heterocycles. The molecule has 0 amide bonds. The summed E-state index contributed by atoms with van der Waals surface area (Å²) in [6, 6.07) is 8.94. The number of nitrogens with zero attached hydrogens (tertiary/aromatic N) is 4. The van der Waals surface area contributed by atoms with Gasteiger partial charge in [0.15, 0.2) is 5.82 Å². The molecule has 1 atom stereocenters. The summed E-state index contributed by atoms with van der Waals surface area (Å²) in [4.78, 5) is 17.8. The van der Waals surface area contributed by atoms with Crippen LogP contribution in [0, 0.1) is 5.92 Å². The number of aromatic nitrogens is 2. The lowest BCUT2D eigenvalue weighted by Gasteiger charge is -2.33. The van der Waals surface area contributed by atoms with Gasteiger partial charge in [-0.2, -0.15) is 4.98 Å². The largest absolute Gasteiger partial charge is 0.611 e. The van der Waals surface area contributed by atoms with Gasteiger partial charge < -0.3 is 19.5 Å². The maximum Gasteiger partial charge on any atom is 0.227 e. The second-order valence-corrected chi connectivity index (χ2v) is 10.6. The van der Waals surface area contributed by atoms with Gasteiger partial charge in [0, 0.05) is 56.0 Å². The minimum absolute atomic E-state index is 0.319. The van der Waals surface area contributed by atoms with Gasteiger partial charge in [0.1, 0.15) is 11.4 Å². The molecular weight excluding hydrogens is 422 g/mol. The van der Waals surface area contributed by atoms with Crippen molar-refractivity contribution in [3.05, 3.63) is 41.1 Å². The van der Waals surface area contributed by atoms with Gasteiger partial charge in [0.2, 0.25) is 10.8 Å². The Morgan fingerprint density at radius 2 is 1.88 bits per heavy atom. The van der Waals surface area contributed by atoms with Gasteiger partial charge in [0.05, 0.1) is 6.54 Å². The highest BCUT2D eigenvalue weighted by molar-refractivity contribution is 7.91. The number of benzene rings is 1. The van der Waals surface area contributed by atoms with Crippen LogP contribution in [0.25, 0.3) is 0 Å². The normalized spacial score (nSPS) is 23.7. The van der Waals surface area contributed by atoms with E-state index in [1.807, 2.05) is 0 Å². The molecule has 6 rings (SSSR count). The summed E-state index contributed by atoms with van der Waals surface area (Å²) in [5.74, 6) is 2.71. The molecule has 168 valence electrons. The first-order valence-electron chi connectivity index (χ1n) is 11.8. The number of hydrogen-bond acceptors (Lipinski definition) is 7. The average Bonchev–Trinajstić information content (AvgIpc) is 3.44. The lowest BCUT2D eigenvalue weighted by atomic mass is 9.88. The van der Waals surface area contributed by atoms with E-state index in [-0.39, 0.29) is 0 Å². The number of fused-ring (bicyclic) bond motifs is 2. The Bertz CT molecular complexity index is 1030. The molecule has 4 aliphatic rings. The van der Waals surface area contributed by atoms with Crippen molar-refractivity contribution in [3.8, 4) is 0 Å². The van der Waals surface area contributed by atoms with Crippen LogP contribution in [0.5, 0.6) is 0 Å². The molecular formula is C24H29N5O2S. The topological polar surface area (TPSA) is 85.7 Å². The molecule has 4 aliphatic heterocycles.